The third-order valence-corrected chi connectivity index (χ3v) is 4.35. The van der Waals surface area contributed by atoms with Gasteiger partial charge in [0.1, 0.15) is 4.60 Å². The first kappa shape index (κ1) is 11.9. The van der Waals surface area contributed by atoms with Crippen LogP contribution in [-0.4, -0.2) is 11.0 Å². The second-order valence-electron chi connectivity index (χ2n) is 4.95. The summed E-state index contributed by atoms with van der Waals surface area (Å²) in [7, 11) is 0. The van der Waals surface area contributed by atoms with Crippen LogP contribution in [-0.2, 0) is 0 Å². The Bertz CT molecular complexity index is 354. The van der Waals surface area contributed by atoms with Crippen LogP contribution in [0.3, 0.4) is 0 Å². The van der Waals surface area contributed by atoms with Gasteiger partial charge in [-0.25, -0.2) is 4.98 Å². The minimum absolute atomic E-state index is 0.603. The summed E-state index contributed by atoms with van der Waals surface area (Å²) in [4.78, 5) is 4.23. The van der Waals surface area contributed by atoms with Crippen LogP contribution in [0.4, 0.5) is 5.69 Å². The molecule has 1 aliphatic carbocycles. The van der Waals surface area contributed by atoms with Crippen molar-refractivity contribution >= 4 is 21.6 Å². The fraction of sp³-hybridized carbons (Fsp3) is 0.615. The number of nitrogens with zero attached hydrogens (tertiary/aromatic N) is 1. The van der Waals surface area contributed by atoms with Gasteiger partial charge >= 0.3 is 0 Å². The Morgan fingerprint density at radius 1 is 1.31 bits per heavy atom. The van der Waals surface area contributed by atoms with Crippen LogP contribution in [0.5, 0.6) is 0 Å². The van der Waals surface area contributed by atoms with E-state index in [0.717, 1.165) is 22.1 Å². The van der Waals surface area contributed by atoms with E-state index < -0.39 is 0 Å². The summed E-state index contributed by atoms with van der Waals surface area (Å²) in [5.41, 5.74) is 1.12. The Labute approximate surface area is 106 Å². The number of nitrogens with one attached hydrogen (secondary N) is 1. The van der Waals surface area contributed by atoms with Crippen molar-refractivity contribution in [3.63, 3.8) is 0 Å². The standard InChI is InChI=1S/C13H19BrN2/c1-9-5-6-11(8-10(9)2)16-12-4-3-7-15-13(12)14/h3-4,7,9-11,16H,5-6,8H2,1-2H3. The van der Waals surface area contributed by atoms with E-state index in [0.29, 0.717) is 6.04 Å². The third kappa shape index (κ3) is 2.76. The van der Waals surface area contributed by atoms with E-state index in [1.165, 1.54) is 19.3 Å². The minimum Gasteiger partial charge on any atom is -0.380 e. The van der Waals surface area contributed by atoms with Crippen molar-refractivity contribution in [2.24, 2.45) is 11.8 Å². The zero-order chi connectivity index (χ0) is 11.5. The van der Waals surface area contributed by atoms with E-state index in [1.54, 1.807) is 6.20 Å². The number of aromatic nitrogens is 1. The summed E-state index contributed by atoms with van der Waals surface area (Å²) in [5, 5.41) is 3.59. The maximum atomic E-state index is 4.23. The Balaban J connectivity index is 1.98. The predicted molar refractivity (Wildman–Crippen MR) is 71.5 cm³/mol. The first-order chi connectivity index (χ1) is 7.66. The average molecular weight is 283 g/mol. The Morgan fingerprint density at radius 2 is 2.12 bits per heavy atom. The first-order valence-corrected chi connectivity index (χ1v) is 6.83. The van der Waals surface area contributed by atoms with Crippen molar-refractivity contribution in [3.8, 4) is 0 Å². The van der Waals surface area contributed by atoms with Gasteiger partial charge < -0.3 is 5.32 Å². The second kappa shape index (κ2) is 5.17. The summed E-state index contributed by atoms with van der Waals surface area (Å²) in [5.74, 6) is 1.69. The molecule has 2 nitrogen and oxygen atoms in total. The molecule has 1 aromatic heterocycles. The molecule has 1 aromatic rings. The maximum absolute atomic E-state index is 4.23. The Morgan fingerprint density at radius 3 is 2.81 bits per heavy atom. The highest BCUT2D eigenvalue weighted by atomic mass is 79.9. The molecule has 0 aliphatic heterocycles. The van der Waals surface area contributed by atoms with Crippen molar-refractivity contribution in [1.29, 1.82) is 0 Å². The number of halogens is 1. The number of pyridine rings is 1. The highest BCUT2D eigenvalue weighted by Crippen LogP contribution is 2.32. The van der Waals surface area contributed by atoms with Crippen LogP contribution < -0.4 is 5.32 Å². The smallest absolute Gasteiger partial charge is 0.129 e. The Hall–Kier alpha value is -0.570. The van der Waals surface area contributed by atoms with Crippen molar-refractivity contribution in [2.45, 2.75) is 39.2 Å². The van der Waals surface area contributed by atoms with Gasteiger partial charge in [0.15, 0.2) is 0 Å². The van der Waals surface area contributed by atoms with Gasteiger partial charge in [0.25, 0.3) is 0 Å². The molecule has 3 atom stereocenters. The zero-order valence-electron chi connectivity index (χ0n) is 9.91. The third-order valence-electron chi connectivity index (χ3n) is 3.72. The molecule has 0 radical (unpaired) electrons. The molecule has 1 saturated carbocycles. The molecule has 1 heterocycles. The quantitative estimate of drug-likeness (QED) is 0.827. The topological polar surface area (TPSA) is 24.9 Å². The van der Waals surface area contributed by atoms with E-state index in [2.05, 4.69) is 46.1 Å². The summed E-state index contributed by atoms with van der Waals surface area (Å²) < 4.78 is 0.918. The molecule has 1 aliphatic rings. The van der Waals surface area contributed by atoms with E-state index in [4.69, 9.17) is 0 Å². The van der Waals surface area contributed by atoms with Crippen LogP contribution in [0, 0.1) is 11.8 Å². The first-order valence-electron chi connectivity index (χ1n) is 6.04. The van der Waals surface area contributed by atoms with Crippen LogP contribution >= 0.6 is 15.9 Å². The van der Waals surface area contributed by atoms with Gasteiger partial charge in [-0.05, 0) is 59.2 Å². The van der Waals surface area contributed by atoms with Gasteiger partial charge in [-0.2, -0.15) is 0 Å². The maximum Gasteiger partial charge on any atom is 0.129 e. The molecule has 2 rings (SSSR count). The molecule has 0 saturated heterocycles. The van der Waals surface area contributed by atoms with E-state index in [-0.39, 0.29) is 0 Å². The molecule has 0 amide bonds. The van der Waals surface area contributed by atoms with Gasteiger partial charge in [-0.3, -0.25) is 0 Å². The average Bonchev–Trinajstić information content (AvgIpc) is 2.27. The Kier molecular flexibility index (Phi) is 3.85. The monoisotopic (exact) mass is 282 g/mol. The number of hydrogen-bond donors (Lipinski definition) is 1. The molecule has 1 N–H and O–H groups in total. The number of rotatable bonds is 2. The lowest BCUT2D eigenvalue weighted by Crippen LogP contribution is -2.30. The van der Waals surface area contributed by atoms with Crippen LogP contribution in [0.1, 0.15) is 33.1 Å². The fourth-order valence-electron chi connectivity index (χ4n) is 2.39. The minimum atomic E-state index is 0.603. The fourth-order valence-corrected chi connectivity index (χ4v) is 2.76. The molecule has 88 valence electrons. The number of hydrogen-bond acceptors (Lipinski definition) is 2. The lowest BCUT2D eigenvalue weighted by molar-refractivity contribution is 0.261. The molecule has 16 heavy (non-hydrogen) atoms. The zero-order valence-corrected chi connectivity index (χ0v) is 11.5. The van der Waals surface area contributed by atoms with Gasteiger partial charge in [-0.15, -0.1) is 0 Å². The van der Waals surface area contributed by atoms with Crippen molar-refractivity contribution in [2.75, 3.05) is 5.32 Å². The van der Waals surface area contributed by atoms with Crippen molar-refractivity contribution in [3.05, 3.63) is 22.9 Å². The van der Waals surface area contributed by atoms with Crippen LogP contribution in [0.2, 0.25) is 0 Å². The van der Waals surface area contributed by atoms with Gasteiger partial charge in [0.05, 0.1) is 5.69 Å². The van der Waals surface area contributed by atoms with Gasteiger partial charge in [0.2, 0.25) is 0 Å². The highest BCUT2D eigenvalue weighted by Gasteiger charge is 2.24. The number of anilines is 1. The molecule has 1 fully saturated rings. The predicted octanol–water partition coefficient (Wildman–Crippen LogP) is 4.08. The summed E-state index contributed by atoms with van der Waals surface area (Å²) in [6, 6.07) is 4.66. The SMILES string of the molecule is CC1CCC(Nc2cccnc2Br)CC1C. The van der Waals surface area contributed by atoms with E-state index >= 15 is 0 Å². The lowest BCUT2D eigenvalue weighted by atomic mass is 9.79. The van der Waals surface area contributed by atoms with Crippen molar-refractivity contribution < 1.29 is 0 Å². The summed E-state index contributed by atoms with van der Waals surface area (Å²) in [6.45, 7) is 4.72. The van der Waals surface area contributed by atoms with Gasteiger partial charge in [0, 0.05) is 12.2 Å². The van der Waals surface area contributed by atoms with Gasteiger partial charge in [-0.1, -0.05) is 13.8 Å². The molecule has 3 unspecified atom stereocenters. The second-order valence-corrected chi connectivity index (χ2v) is 5.70. The largest absolute Gasteiger partial charge is 0.380 e. The normalized spacial score (nSPS) is 30.1. The highest BCUT2D eigenvalue weighted by molar-refractivity contribution is 9.10. The van der Waals surface area contributed by atoms with Crippen LogP contribution in [0.15, 0.2) is 22.9 Å². The summed E-state index contributed by atoms with van der Waals surface area (Å²) >= 11 is 3.48. The molecule has 0 bridgehead atoms. The molecular formula is C13H19BrN2. The molecule has 0 spiro atoms. The van der Waals surface area contributed by atoms with Crippen LogP contribution in [0.25, 0.3) is 0 Å². The molecule has 0 aromatic carbocycles. The summed E-state index contributed by atoms with van der Waals surface area (Å²) in [6.07, 6.45) is 5.67. The lowest BCUT2D eigenvalue weighted by Gasteiger charge is -2.33. The van der Waals surface area contributed by atoms with Crippen molar-refractivity contribution in [1.82, 2.24) is 4.98 Å². The van der Waals surface area contributed by atoms with E-state index in [9.17, 15) is 0 Å². The molecular weight excluding hydrogens is 264 g/mol. The molecule has 3 heteroatoms. The van der Waals surface area contributed by atoms with E-state index in [1.807, 2.05) is 6.07 Å².